The minimum absolute atomic E-state index is 0.0101. The van der Waals surface area contributed by atoms with Gasteiger partial charge in [-0.2, -0.15) is 0 Å². The Kier molecular flexibility index (Phi) is 4.24. The Morgan fingerprint density at radius 1 is 1.47 bits per heavy atom. The lowest BCUT2D eigenvalue weighted by Gasteiger charge is -2.35. The van der Waals surface area contributed by atoms with Gasteiger partial charge in [-0.05, 0) is 39.2 Å². The summed E-state index contributed by atoms with van der Waals surface area (Å²) in [5.41, 5.74) is 0.436. The first-order chi connectivity index (χ1) is 9.09. The largest absolute Gasteiger partial charge is 0.472 e. The number of likely N-dealkylation sites (tertiary alicyclic amines) is 1. The van der Waals surface area contributed by atoms with Gasteiger partial charge in [-0.25, -0.2) is 0 Å². The van der Waals surface area contributed by atoms with Crippen molar-refractivity contribution in [2.75, 3.05) is 6.54 Å². The minimum Gasteiger partial charge on any atom is -0.472 e. The first-order valence-corrected chi connectivity index (χ1v) is 6.73. The standard InChI is InChI=1S/C14H20N2O3/c1-10-5-3-4-7-16(10)14(18)11(2)15-13(17)12-6-8-19-9-12/h6,8-11H,3-5,7H2,1-2H3,(H,15,17). The second-order valence-corrected chi connectivity index (χ2v) is 5.08. The van der Waals surface area contributed by atoms with Crippen LogP contribution in [-0.2, 0) is 4.79 Å². The molecule has 1 fully saturated rings. The van der Waals surface area contributed by atoms with Crippen LogP contribution in [0, 0.1) is 0 Å². The van der Waals surface area contributed by atoms with Crippen molar-refractivity contribution in [2.45, 2.75) is 45.2 Å². The Hall–Kier alpha value is -1.78. The molecule has 0 saturated carbocycles. The Morgan fingerprint density at radius 2 is 2.26 bits per heavy atom. The molecule has 0 bridgehead atoms. The van der Waals surface area contributed by atoms with Crippen LogP contribution in [0.3, 0.4) is 0 Å². The number of nitrogens with zero attached hydrogens (tertiary/aromatic N) is 1. The monoisotopic (exact) mass is 264 g/mol. The number of furan rings is 1. The van der Waals surface area contributed by atoms with Gasteiger partial charge in [0, 0.05) is 12.6 Å². The lowest BCUT2D eigenvalue weighted by atomic mass is 10.0. The van der Waals surface area contributed by atoms with Gasteiger partial charge in [0.1, 0.15) is 12.3 Å². The molecule has 0 aliphatic carbocycles. The van der Waals surface area contributed by atoms with Crippen molar-refractivity contribution in [3.63, 3.8) is 0 Å². The molecule has 1 aliphatic heterocycles. The molecule has 2 atom stereocenters. The molecule has 5 nitrogen and oxygen atoms in total. The summed E-state index contributed by atoms with van der Waals surface area (Å²) in [5.74, 6) is -0.289. The zero-order valence-corrected chi connectivity index (χ0v) is 11.4. The van der Waals surface area contributed by atoms with Crippen molar-refractivity contribution in [1.82, 2.24) is 10.2 Å². The number of hydrogen-bond acceptors (Lipinski definition) is 3. The Balaban J connectivity index is 1.93. The van der Waals surface area contributed by atoms with Crippen molar-refractivity contribution in [2.24, 2.45) is 0 Å². The molecule has 5 heteroatoms. The van der Waals surface area contributed by atoms with Crippen LogP contribution >= 0.6 is 0 Å². The third kappa shape index (κ3) is 3.16. The van der Waals surface area contributed by atoms with Crippen molar-refractivity contribution >= 4 is 11.8 Å². The van der Waals surface area contributed by atoms with E-state index in [1.807, 2.05) is 4.90 Å². The van der Waals surface area contributed by atoms with Crippen LogP contribution in [0.2, 0.25) is 0 Å². The van der Waals surface area contributed by atoms with E-state index in [2.05, 4.69) is 12.2 Å². The lowest BCUT2D eigenvalue weighted by Crippen LogP contribution is -2.51. The highest BCUT2D eigenvalue weighted by atomic mass is 16.3. The zero-order valence-electron chi connectivity index (χ0n) is 11.4. The summed E-state index contributed by atoms with van der Waals surface area (Å²) in [6, 6.07) is 1.33. The molecular formula is C14H20N2O3. The third-order valence-electron chi connectivity index (χ3n) is 3.59. The summed E-state index contributed by atoms with van der Waals surface area (Å²) in [6.45, 7) is 4.56. The maximum Gasteiger partial charge on any atom is 0.255 e. The molecule has 2 amide bonds. The molecule has 2 rings (SSSR count). The van der Waals surface area contributed by atoms with Crippen LogP contribution in [0.1, 0.15) is 43.5 Å². The lowest BCUT2D eigenvalue weighted by molar-refractivity contribution is -0.136. The average molecular weight is 264 g/mol. The van der Waals surface area contributed by atoms with E-state index in [9.17, 15) is 9.59 Å². The summed E-state index contributed by atoms with van der Waals surface area (Å²) in [6.07, 6.45) is 6.05. The summed E-state index contributed by atoms with van der Waals surface area (Å²) >= 11 is 0. The van der Waals surface area contributed by atoms with E-state index in [0.717, 1.165) is 19.4 Å². The number of amides is 2. The van der Waals surface area contributed by atoms with Gasteiger partial charge in [-0.3, -0.25) is 9.59 Å². The van der Waals surface area contributed by atoms with Crippen molar-refractivity contribution < 1.29 is 14.0 Å². The summed E-state index contributed by atoms with van der Waals surface area (Å²) in [4.78, 5) is 26.0. The average Bonchev–Trinajstić information content (AvgIpc) is 2.92. The predicted molar refractivity (Wildman–Crippen MR) is 70.7 cm³/mol. The number of piperidine rings is 1. The van der Waals surface area contributed by atoms with E-state index in [1.165, 1.54) is 18.9 Å². The van der Waals surface area contributed by atoms with E-state index in [1.54, 1.807) is 13.0 Å². The maximum absolute atomic E-state index is 12.3. The van der Waals surface area contributed by atoms with Gasteiger partial charge in [0.05, 0.1) is 11.8 Å². The van der Waals surface area contributed by atoms with E-state index in [0.29, 0.717) is 5.56 Å². The van der Waals surface area contributed by atoms with Gasteiger partial charge in [0.2, 0.25) is 5.91 Å². The van der Waals surface area contributed by atoms with Crippen LogP contribution in [0.4, 0.5) is 0 Å². The highest BCUT2D eigenvalue weighted by molar-refractivity contribution is 5.97. The van der Waals surface area contributed by atoms with Gasteiger partial charge in [0.15, 0.2) is 0 Å². The number of nitrogens with one attached hydrogen (secondary N) is 1. The van der Waals surface area contributed by atoms with Gasteiger partial charge >= 0.3 is 0 Å². The fraction of sp³-hybridized carbons (Fsp3) is 0.571. The molecule has 0 aromatic carbocycles. The zero-order chi connectivity index (χ0) is 13.8. The molecule has 0 spiro atoms. The van der Waals surface area contributed by atoms with Crippen molar-refractivity contribution in [3.05, 3.63) is 24.2 Å². The topological polar surface area (TPSA) is 62.6 Å². The molecule has 2 unspecified atom stereocenters. The highest BCUT2D eigenvalue weighted by Gasteiger charge is 2.27. The molecule has 1 aliphatic rings. The van der Waals surface area contributed by atoms with Crippen LogP contribution < -0.4 is 5.32 Å². The molecule has 1 aromatic rings. The van der Waals surface area contributed by atoms with Gasteiger partial charge in [-0.1, -0.05) is 0 Å². The normalized spacial score (nSPS) is 20.9. The fourth-order valence-corrected chi connectivity index (χ4v) is 2.41. The number of carbonyl (C=O) groups excluding carboxylic acids is 2. The molecular weight excluding hydrogens is 244 g/mol. The summed E-state index contributed by atoms with van der Waals surface area (Å²) < 4.78 is 4.85. The Bertz CT molecular complexity index is 442. The predicted octanol–water partition coefficient (Wildman–Crippen LogP) is 1.80. The first-order valence-electron chi connectivity index (χ1n) is 6.73. The fourth-order valence-electron chi connectivity index (χ4n) is 2.41. The highest BCUT2D eigenvalue weighted by Crippen LogP contribution is 2.17. The molecule has 19 heavy (non-hydrogen) atoms. The molecule has 1 N–H and O–H groups in total. The molecule has 1 aromatic heterocycles. The second kappa shape index (κ2) is 5.91. The van der Waals surface area contributed by atoms with Crippen LogP contribution in [0.15, 0.2) is 23.0 Å². The van der Waals surface area contributed by atoms with E-state index in [-0.39, 0.29) is 17.9 Å². The van der Waals surface area contributed by atoms with E-state index < -0.39 is 6.04 Å². The first kappa shape index (κ1) is 13.6. The van der Waals surface area contributed by atoms with Crippen molar-refractivity contribution in [1.29, 1.82) is 0 Å². The van der Waals surface area contributed by atoms with Crippen LogP contribution in [0.5, 0.6) is 0 Å². The third-order valence-corrected chi connectivity index (χ3v) is 3.59. The summed E-state index contributed by atoms with van der Waals surface area (Å²) in [7, 11) is 0. The Morgan fingerprint density at radius 3 is 2.89 bits per heavy atom. The van der Waals surface area contributed by atoms with Crippen LogP contribution in [-0.4, -0.2) is 35.3 Å². The number of hydrogen-bond donors (Lipinski definition) is 1. The van der Waals surface area contributed by atoms with Gasteiger partial charge in [-0.15, -0.1) is 0 Å². The SMILES string of the molecule is CC(NC(=O)c1ccoc1)C(=O)N1CCCCC1C. The molecule has 2 heterocycles. The smallest absolute Gasteiger partial charge is 0.255 e. The quantitative estimate of drug-likeness (QED) is 0.905. The second-order valence-electron chi connectivity index (χ2n) is 5.08. The van der Waals surface area contributed by atoms with Crippen molar-refractivity contribution in [3.8, 4) is 0 Å². The molecule has 104 valence electrons. The molecule has 0 radical (unpaired) electrons. The van der Waals surface area contributed by atoms with Gasteiger partial charge < -0.3 is 14.6 Å². The number of carbonyl (C=O) groups is 2. The van der Waals surface area contributed by atoms with Gasteiger partial charge in [0.25, 0.3) is 5.91 Å². The minimum atomic E-state index is -0.511. The molecule has 1 saturated heterocycles. The summed E-state index contributed by atoms with van der Waals surface area (Å²) in [5, 5.41) is 2.71. The van der Waals surface area contributed by atoms with Crippen LogP contribution in [0.25, 0.3) is 0 Å². The maximum atomic E-state index is 12.3. The Labute approximate surface area is 113 Å². The van der Waals surface area contributed by atoms with E-state index in [4.69, 9.17) is 4.42 Å². The number of rotatable bonds is 3. The van der Waals surface area contributed by atoms with E-state index >= 15 is 0 Å².